The molecular weight excluding hydrogens is 250 g/mol. The Kier molecular flexibility index (Phi) is 3.34. The number of para-hydroxylation sites is 1. The van der Waals surface area contributed by atoms with Gasteiger partial charge in [0.15, 0.2) is 5.78 Å². The van der Waals surface area contributed by atoms with Crippen molar-refractivity contribution in [3.63, 3.8) is 0 Å². The molecule has 20 heavy (non-hydrogen) atoms. The molecule has 0 bridgehead atoms. The van der Waals surface area contributed by atoms with Crippen LogP contribution < -0.4 is 5.73 Å². The number of hydrogen-bond donors (Lipinski definition) is 1. The van der Waals surface area contributed by atoms with Crippen molar-refractivity contribution in [1.29, 1.82) is 0 Å². The van der Waals surface area contributed by atoms with E-state index in [0.717, 1.165) is 42.3 Å². The molecule has 0 aliphatic heterocycles. The maximum absolute atomic E-state index is 12.6. The topological polar surface area (TPSA) is 60.9 Å². The molecule has 1 aromatic heterocycles. The predicted molar refractivity (Wildman–Crippen MR) is 79.4 cm³/mol. The van der Waals surface area contributed by atoms with Crippen LogP contribution in [0.4, 0.5) is 0 Å². The molecule has 2 N–H and O–H groups in total. The van der Waals surface area contributed by atoms with Crippen LogP contribution in [0.25, 0.3) is 10.9 Å². The summed E-state index contributed by atoms with van der Waals surface area (Å²) in [5.74, 6) is 0.140. The first kappa shape index (κ1) is 13.3. The molecule has 1 fully saturated rings. The highest BCUT2D eigenvalue weighted by Crippen LogP contribution is 2.28. The second-order valence-electron chi connectivity index (χ2n) is 5.90. The van der Waals surface area contributed by atoms with E-state index >= 15 is 0 Å². The minimum Gasteiger partial charge on any atom is -0.319 e. The fourth-order valence-electron chi connectivity index (χ4n) is 3.21. The average molecular weight is 271 g/mol. The number of benzene rings is 1. The quantitative estimate of drug-likeness (QED) is 0.932. The molecule has 0 unspecified atom stereocenters. The number of carbonyl (C=O) groups excluding carboxylic acids is 1. The van der Waals surface area contributed by atoms with Crippen molar-refractivity contribution in [1.82, 2.24) is 9.78 Å². The van der Waals surface area contributed by atoms with Crippen LogP contribution in [0.1, 0.15) is 37.8 Å². The van der Waals surface area contributed by atoms with Gasteiger partial charge >= 0.3 is 0 Å². The molecule has 3 rings (SSSR count). The number of carbonyl (C=O) groups is 1. The molecular formula is C16H21N3O. The van der Waals surface area contributed by atoms with Crippen LogP contribution in [0, 0.1) is 0 Å². The monoisotopic (exact) mass is 271 g/mol. The number of rotatable bonds is 3. The molecule has 0 radical (unpaired) electrons. The van der Waals surface area contributed by atoms with Gasteiger partial charge in [0.2, 0.25) is 0 Å². The van der Waals surface area contributed by atoms with E-state index in [1.165, 1.54) is 6.42 Å². The molecule has 1 aliphatic carbocycles. The number of ketones is 1. The Balaban J connectivity index is 1.88. The lowest BCUT2D eigenvalue weighted by Crippen LogP contribution is -2.50. The smallest absolute Gasteiger partial charge is 0.158 e. The number of hydrogen-bond acceptors (Lipinski definition) is 3. The number of aromatic nitrogens is 2. The summed E-state index contributed by atoms with van der Waals surface area (Å²) in [5, 5.41) is 5.55. The number of Topliss-reactive ketones (excluding diaryl/α,β-unsaturated/α-hetero) is 1. The van der Waals surface area contributed by atoms with Gasteiger partial charge in [-0.25, -0.2) is 0 Å². The maximum Gasteiger partial charge on any atom is 0.158 e. The zero-order valence-corrected chi connectivity index (χ0v) is 11.9. The minimum atomic E-state index is -0.628. The third-order valence-corrected chi connectivity index (χ3v) is 4.46. The fraction of sp³-hybridized carbons (Fsp3) is 0.500. The molecule has 1 saturated carbocycles. The minimum absolute atomic E-state index is 0.140. The first-order valence-electron chi connectivity index (χ1n) is 7.33. The van der Waals surface area contributed by atoms with Crippen LogP contribution in [-0.2, 0) is 18.3 Å². The first-order valence-corrected chi connectivity index (χ1v) is 7.33. The van der Waals surface area contributed by atoms with Crippen molar-refractivity contribution in [3.05, 3.63) is 30.0 Å². The van der Waals surface area contributed by atoms with Crippen molar-refractivity contribution in [2.45, 2.75) is 44.1 Å². The van der Waals surface area contributed by atoms with Crippen LogP contribution in [0.5, 0.6) is 0 Å². The zero-order valence-electron chi connectivity index (χ0n) is 11.9. The lowest BCUT2D eigenvalue weighted by atomic mass is 9.78. The van der Waals surface area contributed by atoms with Gasteiger partial charge in [-0.1, -0.05) is 37.5 Å². The standard InChI is InChI=1S/C16H21N3O/c1-19-14-8-4-3-7-12(14)13(18-19)11-15(20)16(17)9-5-2-6-10-16/h3-4,7-8H,2,5-6,9-11,17H2,1H3. The summed E-state index contributed by atoms with van der Waals surface area (Å²) < 4.78 is 1.84. The van der Waals surface area contributed by atoms with E-state index in [2.05, 4.69) is 5.10 Å². The number of nitrogens with zero attached hydrogens (tertiary/aromatic N) is 2. The molecule has 0 atom stereocenters. The van der Waals surface area contributed by atoms with Crippen LogP contribution in [0.15, 0.2) is 24.3 Å². The molecule has 0 spiro atoms. The van der Waals surface area contributed by atoms with Gasteiger partial charge in [0.25, 0.3) is 0 Å². The maximum atomic E-state index is 12.6. The van der Waals surface area contributed by atoms with Crippen molar-refractivity contribution in [3.8, 4) is 0 Å². The van der Waals surface area contributed by atoms with Gasteiger partial charge in [-0.05, 0) is 18.9 Å². The molecule has 0 saturated heterocycles. The van der Waals surface area contributed by atoms with E-state index in [1.807, 2.05) is 36.0 Å². The summed E-state index contributed by atoms with van der Waals surface area (Å²) in [7, 11) is 1.91. The predicted octanol–water partition coefficient (Wildman–Crippen LogP) is 2.35. The van der Waals surface area contributed by atoms with Gasteiger partial charge in [-0.2, -0.15) is 5.10 Å². The van der Waals surface area contributed by atoms with Gasteiger partial charge in [-0.15, -0.1) is 0 Å². The Hall–Kier alpha value is -1.68. The summed E-state index contributed by atoms with van der Waals surface area (Å²) in [6.07, 6.45) is 5.29. The summed E-state index contributed by atoms with van der Waals surface area (Å²) >= 11 is 0. The number of nitrogens with two attached hydrogens (primary N) is 1. The summed E-state index contributed by atoms with van der Waals surface area (Å²) in [6.45, 7) is 0. The normalized spacial score (nSPS) is 18.3. The second-order valence-corrected chi connectivity index (χ2v) is 5.90. The molecule has 1 heterocycles. The van der Waals surface area contributed by atoms with E-state index < -0.39 is 5.54 Å². The Bertz CT molecular complexity index is 638. The first-order chi connectivity index (χ1) is 9.60. The highest BCUT2D eigenvalue weighted by Gasteiger charge is 2.35. The summed E-state index contributed by atoms with van der Waals surface area (Å²) in [6, 6.07) is 8.02. The van der Waals surface area contributed by atoms with Crippen LogP contribution in [0.2, 0.25) is 0 Å². The molecule has 106 valence electrons. The summed E-state index contributed by atoms with van der Waals surface area (Å²) in [4.78, 5) is 12.6. The van der Waals surface area contributed by atoms with Crippen molar-refractivity contribution < 1.29 is 4.79 Å². The fourth-order valence-corrected chi connectivity index (χ4v) is 3.21. The molecule has 0 amide bonds. The lowest BCUT2D eigenvalue weighted by Gasteiger charge is -2.31. The number of aryl methyl sites for hydroxylation is 1. The summed E-state index contributed by atoms with van der Waals surface area (Å²) in [5.41, 5.74) is 7.60. The van der Waals surface area contributed by atoms with Crippen molar-refractivity contribution >= 4 is 16.7 Å². The Morgan fingerprint density at radius 1 is 1.30 bits per heavy atom. The van der Waals surface area contributed by atoms with Gasteiger partial charge < -0.3 is 5.73 Å². The van der Waals surface area contributed by atoms with Gasteiger partial charge in [0.1, 0.15) is 0 Å². The van der Waals surface area contributed by atoms with Gasteiger partial charge in [-0.3, -0.25) is 9.48 Å². The lowest BCUT2D eigenvalue weighted by molar-refractivity contribution is -0.124. The van der Waals surface area contributed by atoms with E-state index in [0.29, 0.717) is 6.42 Å². The van der Waals surface area contributed by atoms with E-state index in [-0.39, 0.29) is 5.78 Å². The number of fused-ring (bicyclic) bond motifs is 1. The van der Waals surface area contributed by atoms with E-state index in [9.17, 15) is 4.79 Å². The highest BCUT2D eigenvalue weighted by molar-refractivity contribution is 5.93. The van der Waals surface area contributed by atoms with Gasteiger partial charge in [0.05, 0.1) is 23.2 Å². The third kappa shape index (κ3) is 2.24. The van der Waals surface area contributed by atoms with E-state index in [4.69, 9.17) is 5.73 Å². The van der Waals surface area contributed by atoms with Crippen LogP contribution >= 0.6 is 0 Å². The van der Waals surface area contributed by atoms with E-state index in [1.54, 1.807) is 0 Å². The van der Waals surface area contributed by atoms with Crippen LogP contribution in [-0.4, -0.2) is 21.1 Å². The Morgan fingerprint density at radius 2 is 2.00 bits per heavy atom. The highest BCUT2D eigenvalue weighted by atomic mass is 16.1. The van der Waals surface area contributed by atoms with Crippen LogP contribution in [0.3, 0.4) is 0 Å². The Morgan fingerprint density at radius 3 is 2.75 bits per heavy atom. The third-order valence-electron chi connectivity index (χ3n) is 4.46. The zero-order chi connectivity index (χ0) is 14.2. The van der Waals surface area contributed by atoms with Gasteiger partial charge in [0, 0.05) is 12.4 Å². The largest absolute Gasteiger partial charge is 0.319 e. The molecule has 4 nitrogen and oxygen atoms in total. The molecule has 2 aromatic rings. The average Bonchev–Trinajstić information content (AvgIpc) is 2.77. The van der Waals surface area contributed by atoms with Crippen molar-refractivity contribution in [2.24, 2.45) is 12.8 Å². The van der Waals surface area contributed by atoms with Crippen molar-refractivity contribution in [2.75, 3.05) is 0 Å². The SMILES string of the molecule is Cn1nc(CC(=O)C2(N)CCCCC2)c2ccccc21. The molecule has 1 aromatic carbocycles. The molecule has 1 aliphatic rings. The molecule has 4 heteroatoms. The Labute approximate surface area is 119 Å². The second kappa shape index (κ2) is 5.02.